The van der Waals surface area contributed by atoms with Gasteiger partial charge in [0.15, 0.2) is 0 Å². The second-order valence-corrected chi connectivity index (χ2v) is 7.52. The fourth-order valence-electron chi connectivity index (χ4n) is 3.80. The van der Waals surface area contributed by atoms with Crippen LogP contribution in [0.4, 0.5) is 0 Å². The molecule has 1 aliphatic heterocycles. The molecule has 1 unspecified atom stereocenters. The molecule has 3 rings (SSSR count). The molecular weight excluding hydrogens is 303 g/mol. The predicted octanol–water partition coefficient (Wildman–Crippen LogP) is 4.49. The zero-order chi connectivity index (χ0) is 14.9. The number of nitrogens with one attached hydrogen (secondary N) is 1. The monoisotopic (exact) mass is 326 g/mol. The largest absolute Gasteiger partial charge is 0.310 e. The third-order valence-corrected chi connectivity index (χ3v) is 5.86. The zero-order valence-corrected chi connectivity index (χ0v) is 14.2. The van der Waals surface area contributed by atoms with E-state index in [1.54, 1.807) is 0 Å². The van der Waals surface area contributed by atoms with Gasteiger partial charge in [-0.1, -0.05) is 42.1 Å². The Morgan fingerprint density at radius 2 is 2.00 bits per heavy atom. The van der Waals surface area contributed by atoms with Gasteiger partial charge in [0.2, 0.25) is 0 Å². The van der Waals surface area contributed by atoms with E-state index in [1.807, 2.05) is 12.1 Å². The molecule has 0 amide bonds. The summed E-state index contributed by atoms with van der Waals surface area (Å²) in [6.45, 7) is 5.59. The molecule has 1 aromatic carbocycles. The molecule has 1 saturated heterocycles. The van der Waals surface area contributed by atoms with Gasteiger partial charge < -0.3 is 5.32 Å². The van der Waals surface area contributed by atoms with Crippen molar-refractivity contribution >= 4 is 23.2 Å². The minimum Gasteiger partial charge on any atom is -0.310 e. The van der Waals surface area contributed by atoms with Crippen LogP contribution in [0.3, 0.4) is 0 Å². The summed E-state index contributed by atoms with van der Waals surface area (Å²) >= 11 is 12.2. The molecule has 1 N–H and O–H groups in total. The second-order valence-electron chi connectivity index (χ2n) is 6.71. The van der Waals surface area contributed by atoms with Crippen molar-refractivity contribution in [3.05, 3.63) is 33.8 Å². The average Bonchev–Trinajstić information content (AvgIpc) is 2.84. The molecule has 0 aromatic heterocycles. The molecule has 2 nitrogen and oxygen atoms in total. The van der Waals surface area contributed by atoms with Crippen LogP contribution in [0, 0.1) is 0 Å². The van der Waals surface area contributed by atoms with Crippen molar-refractivity contribution in [2.75, 3.05) is 13.1 Å². The highest BCUT2D eigenvalue weighted by atomic mass is 35.5. The van der Waals surface area contributed by atoms with Crippen LogP contribution in [0.2, 0.25) is 10.0 Å². The smallest absolute Gasteiger partial charge is 0.0595 e. The van der Waals surface area contributed by atoms with Crippen LogP contribution in [0.15, 0.2) is 18.2 Å². The van der Waals surface area contributed by atoms with Gasteiger partial charge in [-0.3, -0.25) is 4.90 Å². The topological polar surface area (TPSA) is 15.3 Å². The van der Waals surface area contributed by atoms with E-state index in [0.29, 0.717) is 21.6 Å². The van der Waals surface area contributed by atoms with Crippen LogP contribution in [0.5, 0.6) is 0 Å². The van der Waals surface area contributed by atoms with Crippen molar-refractivity contribution in [2.45, 2.75) is 57.2 Å². The predicted molar refractivity (Wildman–Crippen MR) is 90.2 cm³/mol. The van der Waals surface area contributed by atoms with Gasteiger partial charge in [-0.25, -0.2) is 0 Å². The molecular formula is C17H24Cl2N2. The Kier molecular flexibility index (Phi) is 4.80. The molecule has 1 saturated carbocycles. The quantitative estimate of drug-likeness (QED) is 0.861. The molecule has 1 aliphatic carbocycles. The molecule has 0 bridgehead atoms. The van der Waals surface area contributed by atoms with E-state index in [9.17, 15) is 0 Å². The van der Waals surface area contributed by atoms with Crippen LogP contribution in [-0.2, 0) is 6.54 Å². The highest BCUT2D eigenvalue weighted by molar-refractivity contribution is 6.42. The molecule has 1 atom stereocenters. The molecule has 1 heterocycles. The highest BCUT2D eigenvalue weighted by Gasteiger charge is 2.37. The molecule has 4 heteroatoms. The standard InChI is InChI=1S/C17H24Cl2N2/c1-13-6-9-20-17(7-2-3-8-17)12-21(13)11-14-4-5-15(18)16(19)10-14/h4-5,10,13,20H,2-3,6-9,11-12H2,1H3. The van der Waals surface area contributed by atoms with Crippen LogP contribution in [0.25, 0.3) is 0 Å². The lowest BCUT2D eigenvalue weighted by Gasteiger charge is -2.35. The summed E-state index contributed by atoms with van der Waals surface area (Å²) in [5.74, 6) is 0. The summed E-state index contributed by atoms with van der Waals surface area (Å²) in [6, 6.07) is 6.62. The van der Waals surface area contributed by atoms with E-state index < -0.39 is 0 Å². The molecule has 0 radical (unpaired) electrons. The number of hydrogen-bond donors (Lipinski definition) is 1. The Morgan fingerprint density at radius 1 is 1.24 bits per heavy atom. The van der Waals surface area contributed by atoms with E-state index >= 15 is 0 Å². The summed E-state index contributed by atoms with van der Waals surface area (Å²) in [7, 11) is 0. The molecule has 1 aromatic rings. The fourth-order valence-corrected chi connectivity index (χ4v) is 4.12. The summed E-state index contributed by atoms with van der Waals surface area (Å²) in [5, 5.41) is 5.13. The maximum atomic E-state index is 6.16. The Balaban J connectivity index is 1.76. The third kappa shape index (κ3) is 3.56. The number of benzene rings is 1. The van der Waals surface area contributed by atoms with Crippen LogP contribution >= 0.6 is 23.2 Å². The van der Waals surface area contributed by atoms with E-state index in [4.69, 9.17) is 23.2 Å². The molecule has 116 valence electrons. The van der Waals surface area contributed by atoms with Gasteiger partial charge in [-0.15, -0.1) is 0 Å². The average molecular weight is 327 g/mol. The number of hydrogen-bond acceptors (Lipinski definition) is 2. The minimum atomic E-state index is 0.348. The van der Waals surface area contributed by atoms with Gasteiger partial charge in [0.25, 0.3) is 0 Å². The summed E-state index contributed by atoms with van der Waals surface area (Å²) < 4.78 is 0. The first-order chi connectivity index (χ1) is 10.1. The first-order valence-electron chi connectivity index (χ1n) is 8.01. The first-order valence-corrected chi connectivity index (χ1v) is 8.77. The lowest BCUT2D eigenvalue weighted by Crippen LogP contribution is -2.49. The van der Waals surface area contributed by atoms with Crippen LogP contribution in [0.1, 0.15) is 44.6 Å². The molecule has 2 aliphatic rings. The van der Waals surface area contributed by atoms with Crippen molar-refractivity contribution in [3.63, 3.8) is 0 Å². The summed E-state index contributed by atoms with van der Waals surface area (Å²) in [4.78, 5) is 2.62. The number of nitrogens with zero attached hydrogens (tertiary/aromatic N) is 1. The lowest BCUT2D eigenvalue weighted by molar-refractivity contribution is 0.160. The van der Waals surface area contributed by atoms with Gasteiger partial charge in [-0.2, -0.15) is 0 Å². The van der Waals surface area contributed by atoms with Crippen LogP contribution in [-0.4, -0.2) is 29.6 Å². The molecule has 21 heavy (non-hydrogen) atoms. The van der Waals surface area contributed by atoms with Gasteiger partial charge in [-0.05, 0) is 50.4 Å². The van der Waals surface area contributed by atoms with Crippen molar-refractivity contribution in [2.24, 2.45) is 0 Å². The first kappa shape index (κ1) is 15.6. The van der Waals surface area contributed by atoms with E-state index in [1.165, 1.54) is 37.7 Å². The SMILES string of the molecule is CC1CCNC2(CCCC2)CN1Cc1ccc(Cl)c(Cl)c1. The third-order valence-electron chi connectivity index (χ3n) is 5.12. The maximum Gasteiger partial charge on any atom is 0.0595 e. The van der Waals surface area contributed by atoms with Gasteiger partial charge >= 0.3 is 0 Å². The lowest BCUT2D eigenvalue weighted by atomic mass is 9.96. The minimum absolute atomic E-state index is 0.348. The number of halogens is 2. The molecule has 1 spiro atoms. The highest BCUT2D eigenvalue weighted by Crippen LogP contribution is 2.33. The Bertz CT molecular complexity index is 498. The fraction of sp³-hybridized carbons (Fsp3) is 0.647. The maximum absolute atomic E-state index is 6.16. The van der Waals surface area contributed by atoms with E-state index in [-0.39, 0.29) is 0 Å². The van der Waals surface area contributed by atoms with Gasteiger partial charge in [0, 0.05) is 24.7 Å². The van der Waals surface area contributed by atoms with Crippen LogP contribution < -0.4 is 5.32 Å². The van der Waals surface area contributed by atoms with Gasteiger partial charge in [0.05, 0.1) is 10.0 Å². The Hall–Kier alpha value is -0.280. The Labute approximate surface area is 137 Å². The second kappa shape index (κ2) is 6.45. The van der Waals surface area contributed by atoms with E-state index in [2.05, 4.69) is 23.2 Å². The summed E-state index contributed by atoms with van der Waals surface area (Å²) in [5.41, 5.74) is 1.60. The van der Waals surface area contributed by atoms with Gasteiger partial charge in [0.1, 0.15) is 0 Å². The summed E-state index contributed by atoms with van der Waals surface area (Å²) in [6.07, 6.45) is 6.57. The zero-order valence-electron chi connectivity index (χ0n) is 12.7. The number of rotatable bonds is 2. The Morgan fingerprint density at radius 3 is 2.71 bits per heavy atom. The van der Waals surface area contributed by atoms with Crippen molar-refractivity contribution < 1.29 is 0 Å². The van der Waals surface area contributed by atoms with E-state index in [0.717, 1.165) is 19.6 Å². The molecule has 2 fully saturated rings. The normalized spacial score (nSPS) is 26.1. The van der Waals surface area contributed by atoms with Crippen molar-refractivity contribution in [1.29, 1.82) is 0 Å². The van der Waals surface area contributed by atoms with Crippen molar-refractivity contribution in [1.82, 2.24) is 10.2 Å². The van der Waals surface area contributed by atoms with Crippen molar-refractivity contribution in [3.8, 4) is 0 Å².